The van der Waals surface area contributed by atoms with Gasteiger partial charge in [0.2, 0.25) is 0 Å². The van der Waals surface area contributed by atoms with Crippen molar-refractivity contribution in [2.75, 3.05) is 6.54 Å². The molecule has 6 heteroatoms. The maximum atomic E-state index is 12.3. The maximum absolute atomic E-state index is 12.3. The van der Waals surface area contributed by atoms with Crippen LogP contribution in [0.2, 0.25) is 0 Å². The molecule has 0 spiro atoms. The Morgan fingerprint density at radius 3 is 2.09 bits per heavy atom. The number of rotatable bonds is 7. The highest BCUT2D eigenvalue weighted by Crippen LogP contribution is 2.26. The largest absolute Gasteiger partial charge is 0.481 e. The van der Waals surface area contributed by atoms with Gasteiger partial charge in [0.1, 0.15) is 5.69 Å². The van der Waals surface area contributed by atoms with Crippen LogP contribution in [0.5, 0.6) is 0 Å². The van der Waals surface area contributed by atoms with Crippen molar-refractivity contribution in [2.24, 2.45) is 5.41 Å². The van der Waals surface area contributed by atoms with Crippen molar-refractivity contribution in [1.29, 1.82) is 0 Å². The minimum Gasteiger partial charge on any atom is -0.481 e. The Hall–Kier alpha value is -2.11. The summed E-state index contributed by atoms with van der Waals surface area (Å²) >= 11 is 0. The van der Waals surface area contributed by atoms with Gasteiger partial charge in [-0.2, -0.15) is 0 Å². The Balaban J connectivity index is 2.98. The number of hydrogen-bond donors (Lipinski definition) is 3. The van der Waals surface area contributed by atoms with Crippen LogP contribution in [0.4, 0.5) is 0 Å². The zero-order valence-electron chi connectivity index (χ0n) is 13.8. The van der Waals surface area contributed by atoms with E-state index in [1.807, 2.05) is 0 Å². The van der Waals surface area contributed by atoms with Crippen LogP contribution in [0.25, 0.3) is 0 Å². The predicted octanol–water partition coefficient (Wildman–Crippen LogP) is 2.45. The molecule has 0 aliphatic rings. The van der Waals surface area contributed by atoms with Crippen molar-refractivity contribution in [3.8, 4) is 0 Å². The lowest BCUT2D eigenvalue weighted by Crippen LogP contribution is -2.42. The molecule has 0 aliphatic heterocycles. The second kappa shape index (κ2) is 6.77. The average molecular weight is 308 g/mol. The number of carbonyl (C=O) groups excluding carboxylic acids is 2. The maximum Gasteiger partial charge on any atom is 0.311 e. The molecule has 0 aromatic carbocycles. The highest BCUT2D eigenvalue weighted by molar-refractivity contribution is 6.02. The molecule has 0 atom stereocenters. The van der Waals surface area contributed by atoms with E-state index in [9.17, 15) is 19.5 Å². The third-order valence-corrected chi connectivity index (χ3v) is 4.41. The van der Waals surface area contributed by atoms with Crippen LogP contribution in [0.1, 0.15) is 65.7 Å². The van der Waals surface area contributed by atoms with Crippen LogP contribution in [0.3, 0.4) is 0 Å². The molecule has 0 saturated carbocycles. The number of carboxylic acid groups (broad SMARTS) is 1. The molecule has 0 unspecified atom stereocenters. The molecule has 1 amide bonds. The monoisotopic (exact) mass is 308 g/mol. The van der Waals surface area contributed by atoms with Gasteiger partial charge in [-0.1, -0.05) is 13.8 Å². The zero-order chi connectivity index (χ0) is 17.1. The van der Waals surface area contributed by atoms with Gasteiger partial charge in [0, 0.05) is 17.8 Å². The van der Waals surface area contributed by atoms with Crippen molar-refractivity contribution in [3.05, 3.63) is 22.5 Å². The van der Waals surface area contributed by atoms with E-state index in [1.165, 1.54) is 6.92 Å². The predicted molar refractivity (Wildman–Crippen MR) is 83.3 cm³/mol. The quantitative estimate of drug-likeness (QED) is 0.674. The molecule has 3 N–H and O–H groups in total. The molecule has 22 heavy (non-hydrogen) atoms. The van der Waals surface area contributed by atoms with Gasteiger partial charge in [-0.3, -0.25) is 14.4 Å². The van der Waals surface area contributed by atoms with Crippen LogP contribution in [0, 0.1) is 19.3 Å². The Morgan fingerprint density at radius 2 is 1.73 bits per heavy atom. The number of aromatic amines is 1. The molecule has 1 aromatic heterocycles. The molecule has 0 aliphatic carbocycles. The molecule has 0 bridgehead atoms. The van der Waals surface area contributed by atoms with Gasteiger partial charge >= 0.3 is 5.97 Å². The van der Waals surface area contributed by atoms with E-state index in [0.29, 0.717) is 35.4 Å². The lowest BCUT2D eigenvalue weighted by Gasteiger charge is -2.26. The van der Waals surface area contributed by atoms with Gasteiger partial charge in [-0.15, -0.1) is 0 Å². The normalized spacial score (nSPS) is 11.3. The lowest BCUT2D eigenvalue weighted by atomic mass is 9.82. The Kier molecular flexibility index (Phi) is 5.52. The minimum atomic E-state index is -0.964. The second-order valence-corrected chi connectivity index (χ2v) is 5.66. The van der Waals surface area contributed by atoms with E-state index in [4.69, 9.17) is 0 Å². The summed E-state index contributed by atoms with van der Waals surface area (Å²) in [5, 5.41) is 12.1. The number of aromatic nitrogens is 1. The highest BCUT2D eigenvalue weighted by atomic mass is 16.4. The third-order valence-electron chi connectivity index (χ3n) is 4.41. The molecule has 0 saturated heterocycles. The highest BCUT2D eigenvalue weighted by Gasteiger charge is 2.35. The molecule has 6 nitrogen and oxygen atoms in total. The second-order valence-electron chi connectivity index (χ2n) is 5.66. The van der Waals surface area contributed by atoms with Crippen molar-refractivity contribution >= 4 is 17.7 Å². The van der Waals surface area contributed by atoms with Crippen LogP contribution in [0.15, 0.2) is 0 Å². The first kappa shape index (κ1) is 17.9. The number of hydrogen-bond acceptors (Lipinski definition) is 3. The molecule has 1 heterocycles. The minimum absolute atomic E-state index is 0.0566. The fourth-order valence-corrected chi connectivity index (χ4v) is 2.72. The van der Waals surface area contributed by atoms with Gasteiger partial charge in [0.05, 0.1) is 5.41 Å². The van der Waals surface area contributed by atoms with Crippen LogP contribution in [-0.4, -0.2) is 34.3 Å². The molecule has 1 rings (SSSR count). The first-order valence-electron chi connectivity index (χ1n) is 7.41. The molecular weight excluding hydrogens is 284 g/mol. The topological polar surface area (TPSA) is 99.3 Å². The van der Waals surface area contributed by atoms with Gasteiger partial charge in [0.25, 0.3) is 5.91 Å². The van der Waals surface area contributed by atoms with Gasteiger partial charge in [-0.05, 0) is 39.2 Å². The van der Waals surface area contributed by atoms with Crippen molar-refractivity contribution < 1.29 is 19.5 Å². The molecule has 0 fully saturated rings. The smallest absolute Gasteiger partial charge is 0.311 e. The summed E-state index contributed by atoms with van der Waals surface area (Å²) in [5.74, 6) is -1.41. The van der Waals surface area contributed by atoms with Crippen molar-refractivity contribution in [2.45, 2.75) is 47.5 Å². The number of carboxylic acids is 1. The summed E-state index contributed by atoms with van der Waals surface area (Å²) in [4.78, 5) is 38.3. The van der Waals surface area contributed by atoms with E-state index in [-0.39, 0.29) is 18.2 Å². The number of Topliss-reactive ketones (excluding diaryl/α,β-unsaturated/α-hetero) is 1. The number of aliphatic carboxylic acids is 1. The first-order chi connectivity index (χ1) is 10.2. The number of H-pyrrole nitrogens is 1. The summed E-state index contributed by atoms with van der Waals surface area (Å²) in [6.07, 6.45) is 0.862. The molecular formula is C16H24N2O4. The summed E-state index contributed by atoms with van der Waals surface area (Å²) in [7, 11) is 0. The Morgan fingerprint density at radius 1 is 1.18 bits per heavy atom. The van der Waals surface area contributed by atoms with E-state index in [2.05, 4.69) is 10.3 Å². The van der Waals surface area contributed by atoms with E-state index in [0.717, 1.165) is 0 Å². The number of carbonyl (C=O) groups is 3. The van der Waals surface area contributed by atoms with Crippen LogP contribution >= 0.6 is 0 Å². The van der Waals surface area contributed by atoms with Gasteiger partial charge < -0.3 is 15.4 Å². The van der Waals surface area contributed by atoms with E-state index >= 15 is 0 Å². The molecule has 1 aromatic rings. The summed E-state index contributed by atoms with van der Waals surface area (Å²) < 4.78 is 0. The number of amides is 1. The Labute approximate surface area is 130 Å². The summed E-state index contributed by atoms with van der Waals surface area (Å²) in [6.45, 7) is 8.54. The fraction of sp³-hybridized carbons (Fsp3) is 0.562. The van der Waals surface area contributed by atoms with Gasteiger partial charge in [0.15, 0.2) is 5.78 Å². The van der Waals surface area contributed by atoms with E-state index < -0.39 is 11.4 Å². The van der Waals surface area contributed by atoms with Crippen LogP contribution in [-0.2, 0) is 4.79 Å². The van der Waals surface area contributed by atoms with Crippen LogP contribution < -0.4 is 5.32 Å². The van der Waals surface area contributed by atoms with E-state index in [1.54, 1.807) is 27.7 Å². The third kappa shape index (κ3) is 3.21. The van der Waals surface area contributed by atoms with Crippen molar-refractivity contribution in [1.82, 2.24) is 10.3 Å². The van der Waals surface area contributed by atoms with Crippen molar-refractivity contribution in [3.63, 3.8) is 0 Å². The molecule has 122 valence electrons. The number of nitrogens with one attached hydrogen (secondary N) is 2. The SMILES string of the molecule is CCC(CC)(CNC(=O)c1[nH]c(C)c(C(C)=O)c1C)C(=O)O. The number of ketones is 1. The molecule has 0 radical (unpaired) electrons. The fourth-order valence-electron chi connectivity index (χ4n) is 2.72. The summed E-state index contributed by atoms with van der Waals surface area (Å²) in [5.41, 5.74) is 1.10. The zero-order valence-corrected chi connectivity index (χ0v) is 13.8. The summed E-state index contributed by atoms with van der Waals surface area (Å²) in [6, 6.07) is 0. The lowest BCUT2D eigenvalue weighted by molar-refractivity contribution is -0.149. The van der Waals surface area contributed by atoms with Gasteiger partial charge in [-0.25, -0.2) is 0 Å². The number of aryl methyl sites for hydroxylation is 1. The standard InChI is InChI=1S/C16H24N2O4/c1-6-16(7-2,15(21)22)8-17-14(20)13-9(3)12(11(5)19)10(4)18-13/h18H,6-8H2,1-5H3,(H,17,20)(H,21,22). The Bertz CT molecular complexity index is 598. The first-order valence-corrected chi connectivity index (χ1v) is 7.41. The average Bonchev–Trinajstić information content (AvgIpc) is 2.75.